The molecule has 2 aromatic rings. The summed E-state index contributed by atoms with van der Waals surface area (Å²) in [5, 5.41) is 2.63. The van der Waals surface area contributed by atoms with Crippen molar-refractivity contribution in [2.75, 3.05) is 6.61 Å². The minimum absolute atomic E-state index is 0.0956. The number of halogens is 3. The fourth-order valence-electron chi connectivity index (χ4n) is 1.87. The van der Waals surface area contributed by atoms with E-state index in [4.69, 9.17) is 0 Å². The van der Waals surface area contributed by atoms with E-state index in [2.05, 4.69) is 10.1 Å². The van der Waals surface area contributed by atoms with Crippen molar-refractivity contribution in [3.63, 3.8) is 0 Å². The first-order valence-corrected chi connectivity index (χ1v) is 7.04. The second kappa shape index (κ2) is 7.67. The Morgan fingerprint density at radius 2 is 1.83 bits per heavy atom. The maximum atomic E-state index is 12.0. The van der Waals surface area contributed by atoms with Crippen LogP contribution in [0.15, 0.2) is 53.5 Å². The number of nitrogens with one attached hydrogen (secondary N) is 1. The molecule has 128 valence electrons. The highest BCUT2D eigenvalue weighted by Gasteiger charge is 2.28. The molecule has 0 saturated carbocycles. The SMILES string of the molecule is O=C(Cn1ccccc1=O)NCc1ccc(OCC(F)(F)F)cc1. The van der Waals surface area contributed by atoms with E-state index in [1.54, 1.807) is 24.3 Å². The van der Waals surface area contributed by atoms with Crippen LogP contribution in [0.4, 0.5) is 13.2 Å². The molecule has 0 aliphatic rings. The fraction of sp³-hybridized carbons (Fsp3) is 0.250. The van der Waals surface area contributed by atoms with E-state index in [0.717, 1.165) is 0 Å². The average Bonchev–Trinajstić information content (AvgIpc) is 2.53. The van der Waals surface area contributed by atoms with E-state index in [1.165, 1.54) is 29.0 Å². The first-order chi connectivity index (χ1) is 11.3. The van der Waals surface area contributed by atoms with Crippen molar-refractivity contribution in [3.8, 4) is 5.75 Å². The van der Waals surface area contributed by atoms with Crippen LogP contribution >= 0.6 is 0 Å². The number of carbonyl (C=O) groups is 1. The zero-order chi connectivity index (χ0) is 17.6. The summed E-state index contributed by atoms with van der Waals surface area (Å²) < 4.78 is 42.0. The quantitative estimate of drug-likeness (QED) is 0.876. The van der Waals surface area contributed by atoms with Gasteiger partial charge in [-0.05, 0) is 23.8 Å². The van der Waals surface area contributed by atoms with Gasteiger partial charge in [0.1, 0.15) is 12.3 Å². The van der Waals surface area contributed by atoms with Gasteiger partial charge in [-0.15, -0.1) is 0 Å². The number of benzene rings is 1. The molecule has 0 fully saturated rings. The number of hydrogen-bond donors (Lipinski definition) is 1. The molecular formula is C16H15F3N2O3. The molecule has 0 aliphatic heterocycles. The van der Waals surface area contributed by atoms with Crippen LogP contribution in [0.3, 0.4) is 0 Å². The van der Waals surface area contributed by atoms with Crippen LogP contribution in [0.5, 0.6) is 5.75 Å². The Hall–Kier alpha value is -2.77. The van der Waals surface area contributed by atoms with Crippen molar-refractivity contribution in [1.82, 2.24) is 9.88 Å². The Kier molecular flexibility index (Phi) is 5.62. The third kappa shape index (κ3) is 5.79. The molecule has 24 heavy (non-hydrogen) atoms. The molecule has 0 aliphatic carbocycles. The normalized spacial score (nSPS) is 11.1. The monoisotopic (exact) mass is 340 g/mol. The lowest BCUT2D eigenvalue weighted by Gasteiger charge is -2.10. The van der Waals surface area contributed by atoms with Crippen molar-refractivity contribution in [1.29, 1.82) is 0 Å². The van der Waals surface area contributed by atoms with E-state index < -0.39 is 12.8 Å². The highest BCUT2D eigenvalue weighted by molar-refractivity contribution is 5.75. The van der Waals surface area contributed by atoms with Gasteiger partial charge in [0, 0.05) is 18.8 Å². The third-order valence-electron chi connectivity index (χ3n) is 3.03. The summed E-state index contributed by atoms with van der Waals surface area (Å²) in [6, 6.07) is 10.5. The molecule has 0 radical (unpaired) electrons. The second-order valence-corrected chi connectivity index (χ2v) is 4.99. The molecule has 5 nitrogen and oxygen atoms in total. The molecule has 1 heterocycles. The molecule has 1 N–H and O–H groups in total. The molecular weight excluding hydrogens is 325 g/mol. The van der Waals surface area contributed by atoms with E-state index in [0.29, 0.717) is 5.56 Å². The van der Waals surface area contributed by atoms with Gasteiger partial charge in [-0.1, -0.05) is 18.2 Å². The van der Waals surface area contributed by atoms with Gasteiger partial charge in [0.2, 0.25) is 5.91 Å². The summed E-state index contributed by atoms with van der Waals surface area (Å²) in [4.78, 5) is 23.3. The fourth-order valence-corrected chi connectivity index (χ4v) is 1.87. The standard InChI is InChI=1S/C16H15F3N2O3/c17-16(18,19)11-24-13-6-4-12(5-7-13)9-20-14(22)10-21-8-2-1-3-15(21)23/h1-8H,9-11H2,(H,20,22). The Balaban J connectivity index is 1.83. The number of nitrogens with zero attached hydrogens (tertiary/aromatic N) is 1. The maximum absolute atomic E-state index is 12.0. The highest BCUT2D eigenvalue weighted by atomic mass is 19.4. The molecule has 2 rings (SSSR count). The first-order valence-electron chi connectivity index (χ1n) is 7.04. The van der Waals surface area contributed by atoms with Gasteiger partial charge in [0.05, 0.1) is 0 Å². The Bertz CT molecular complexity index is 739. The van der Waals surface area contributed by atoms with E-state index in [1.807, 2.05) is 0 Å². The highest BCUT2D eigenvalue weighted by Crippen LogP contribution is 2.18. The Labute approximate surface area is 135 Å². The molecule has 0 atom stereocenters. The first kappa shape index (κ1) is 17.6. The molecule has 0 saturated heterocycles. The predicted molar refractivity (Wildman–Crippen MR) is 80.5 cm³/mol. The number of pyridine rings is 1. The number of aromatic nitrogens is 1. The van der Waals surface area contributed by atoms with Crippen molar-refractivity contribution in [2.24, 2.45) is 0 Å². The molecule has 1 aromatic carbocycles. The number of carbonyl (C=O) groups excluding carboxylic acids is 1. The van der Waals surface area contributed by atoms with Gasteiger partial charge in [0.25, 0.3) is 5.56 Å². The summed E-state index contributed by atoms with van der Waals surface area (Å²) in [5.74, 6) is -0.251. The lowest BCUT2D eigenvalue weighted by molar-refractivity contribution is -0.153. The molecule has 1 amide bonds. The smallest absolute Gasteiger partial charge is 0.422 e. The number of alkyl halides is 3. The third-order valence-corrected chi connectivity index (χ3v) is 3.03. The largest absolute Gasteiger partial charge is 0.484 e. The van der Waals surface area contributed by atoms with Crippen LogP contribution in [-0.2, 0) is 17.9 Å². The van der Waals surface area contributed by atoms with Gasteiger partial charge < -0.3 is 14.6 Å². The molecule has 0 bridgehead atoms. The van der Waals surface area contributed by atoms with Gasteiger partial charge >= 0.3 is 6.18 Å². The van der Waals surface area contributed by atoms with E-state index in [-0.39, 0.29) is 30.3 Å². The van der Waals surface area contributed by atoms with Gasteiger partial charge in [-0.25, -0.2) is 0 Å². The van der Waals surface area contributed by atoms with E-state index in [9.17, 15) is 22.8 Å². The van der Waals surface area contributed by atoms with Crippen LogP contribution in [0.1, 0.15) is 5.56 Å². The second-order valence-electron chi connectivity index (χ2n) is 4.99. The zero-order valence-corrected chi connectivity index (χ0v) is 12.5. The van der Waals surface area contributed by atoms with Crippen LogP contribution in [-0.4, -0.2) is 23.3 Å². The van der Waals surface area contributed by atoms with Crippen LogP contribution < -0.4 is 15.6 Å². The minimum Gasteiger partial charge on any atom is -0.484 e. The predicted octanol–water partition coefficient (Wildman–Crippen LogP) is 2.11. The van der Waals surface area contributed by atoms with Crippen molar-refractivity contribution in [2.45, 2.75) is 19.3 Å². The number of hydrogen-bond acceptors (Lipinski definition) is 3. The van der Waals surface area contributed by atoms with Gasteiger partial charge in [0.15, 0.2) is 6.61 Å². The van der Waals surface area contributed by atoms with Crippen molar-refractivity contribution in [3.05, 3.63) is 64.6 Å². The molecule has 0 unspecified atom stereocenters. The van der Waals surface area contributed by atoms with Crippen LogP contribution in [0, 0.1) is 0 Å². The zero-order valence-electron chi connectivity index (χ0n) is 12.5. The van der Waals surface area contributed by atoms with Gasteiger partial charge in [-0.3, -0.25) is 9.59 Å². The van der Waals surface area contributed by atoms with Crippen molar-refractivity contribution >= 4 is 5.91 Å². The molecule has 1 aromatic heterocycles. The van der Waals surface area contributed by atoms with Gasteiger partial charge in [-0.2, -0.15) is 13.2 Å². The van der Waals surface area contributed by atoms with Crippen LogP contribution in [0.25, 0.3) is 0 Å². The lowest BCUT2D eigenvalue weighted by atomic mass is 10.2. The molecule has 0 spiro atoms. The summed E-state index contributed by atoms with van der Waals surface area (Å²) in [7, 11) is 0. The topological polar surface area (TPSA) is 60.3 Å². The summed E-state index contributed by atoms with van der Waals surface area (Å²) >= 11 is 0. The Morgan fingerprint density at radius 1 is 1.12 bits per heavy atom. The lowest BCUT2D eigenvalue weighted by Crippen LogP contribution is -2.31. The minimum atomic E-state index is -4.39. The average molecular weight is 340 g/mol. The number of rotatable bonds is 6. The number of amides is 1. The van der Waals surface area contributed by atoms with Crippen molar-refractivity contribution < 1.29 is 22.7 Å². The maximum Gasteiger partial charge on any atom is 0.422 e. The summed E-state index contributed by atoms with van der Waals surface area (Å²) in [6.45, 7) is -1.26. The van der Waals surface area contributed by atoms with Crippen LogP contribution in [0.2, 0.25) is 0 Å². The summed E-state index contributed by atoms with van der Waals surface area (Å²) in [6.07, 6.45) is -2.88. The summed E-state index contributed by atoms with van der Waals surface area (Å²) in [5.41, 5.74) is 0.418. The van der Waals surface area contributed by atoms with E-state index >= 15 is 0 Å². The molecule has 8 heteroatoms. The number of ether oxygens (including phenoxy) is 1. The Morgan fingerprint density at radius 3 is 2.46 bits per heavy atom.